The highest BCUT2D eigenvalue weighted by Gasteiger charge is 2.15. The molecule has 1 N–H and O–H groups in total. The number of hydrogen-bond acceptors (Lipinski definition) is 5. The second-order valence-electron chi connectivity index (χ2n) is 3.66. The van der Waals surface area contributed by atoms with E-state index >= 15 is 0 Å². The highest BCUT2D eigenvalue weighted by atomic mass is 35.7. The van der Waals surface area contributed by atoms with E-state index in [1.54, 1.807) is 0 Å². The lowest BCUT2D eigenvalue weighted by atomic mass is 10.3. The highest BCUT2D eigenvalue weighted by molar-refractivity contribution is 8.13. The lowest BCUT2D eigenvalue weighted by Gasteiger charge is -2.00. The predicted octanol–water partition coefficient (Wildman–Crippen LogP) is 0.904. The Morgan fingerprint density at radius 1 is 1.39 bits per heavy atom. The molecule has 2 aromatic rings. The molecule has 1 heterocycles. The summed E-state index contributed by atoms with van der Waals surface area (Å²) in [4.78, 5) is 11.4. The number of fused-ring (bicyclic) bond motifs is 1. The molecule has 8 heteroatoms. The first kappa shape index (κ1) is 13.1. The van der Waals surface area contributed by atoms with Gasteiger partial charge in [-0.3, -0.25) is 4.57 Å². The van der Waals surface area contributed by atoms with E-state index in [1.807, 2.05) is 0 Å². The lowest BCUT2D eigenvalue weighted by Crippen LogP contribution is -2.14. The summed E-state index contributed by atoms with van der Waals surface area (Å²) in [5.41, 5.74) is 0.622. The van der Waals surface area contributed by atoms with E-state index in [1.165, 1.54) is 22.8 Å². The van der Waals surface area contributed by atoms with Gasteiger partial charge in [-0.15, -0.1) is 0 Å². The van der Waals surface area contributed by atoms with Crippen LogP contribution in [-0.2, 0) is 15.6 Å². The van der Waals surface area contributed by atoms with Crippen molar-refractivity contribution in [1.82, 2.24) is 4.57 Å². The summed E-state index contributed by atoms with van der Waals surface area (Å²) in [7, 11) is 1.35. The summed E-state index contributed by atoms with van der Waals surface area (Å²) >= 11 is 0. The fourth-order valence-electron chi connectivity index (χ4n) is 1.64. The number of aliphatic hydroxyl groups is 1. The van der Waals surface area contributed by atoms with Gasteiger partial charge in [0.05, 0.1) is 10.4 Å². The zero-order valence-electron chi connectivity index (χ0n) is 9.17. The number of rotatable bonds is 4. The summed E-state index contributed by atoms with van der Waals surface area (Å²) in [5.74, 6) is -0.595. The molecule has 0 saturated heterocycles. The number of aliphatic hydroxyl groups excluding tert-OH is 1. The van der Waals surface area contributed by atoms with Crippen LogP contribution in [0.4, 0.5) is 0 Å². The largest absolute Gasteiger partial charge is 0.419 e. The van der Waals surface area contributed by atoms with E-state index in [9.17, 15) is 13.2 Å². The van der Waals surface area contributed by atoms with Gasteiger partial charge < -0.3 is 9.52 Å². The maximum Gasteiger partial charge on any atom is 0.419 e. The fourth-order valence-corrected chi connectivity index (χ4v) is 2.41. The molecular formula is C10H10ClNO5S. The van der Waals surface area contributed by atoms with Crippen LogP contribution in [0.25, 0.3) is 11.1 Å². The molecule has 1 aromatic heterocycles. The Balaban J connectivity index is 2.58. The Hall–Kier alpha value is -1.31. The summed E-state index contributed by atoms with van der Waals surface area (Å²) < 4.78 is 28.6. The van der Waals surface area contributed by atoms with Crippen molar-refractivity contribution in [2.24, 2.45) is 0 Å². The van der Waals surface area contributed by atoms with Gasteiger partial charge in [0, 0.05) is 29.9 Å². The SMILES string of the molecule is O=c1oc2cc(S(=O)(=O)Cl)ccc2n1CCCO. The van der Waals surface area contributed by atoms with Gasteiger partial charge in [0.15, 0.2) is 5.58 Å². The second-order valence-corrected chi connectivity index (χ2v) is 6.23. The van der Waals surface area contributed by atoms with Crippen molar-refractivity contribution < 1.29 is 17.9 Å². The molecule has 6 nitrogen and oxygen atoms in total. The molecule has 0 saturated carbocycles. The van der Waals surface area contributed by atoms with Crippen LogP contribution in [0.1, 0.15) is 6.42 Å². The van der Waals surface area contributed by atoms with Crippen molar-refractivity contribution in [1.29, 1.82) is 0 Å². The number of oxazole rings is 1. The molecule has 0 fully saturated rings. The van der Waals surface area contributed by atoms with Crippen molar-refractivity contribution in [2.75, 3.05) is 6.61 Å². The minimum atomic E-state index is -3.85. The molecule has 0 aliphatic rings. The van der Waals surface area contributed by atoms with E-state index in [2.05, 4.69) is 0 Å². The van der Waals surface area contributed by atoms with Crippen LogP contribution in [0.15, 0.2) is 32.3 Å². The standard InChI is InChI=1S/C10H10ClNO5S/c11-18(15,16)7-2-3-8-9(6-7)17-10(14)12(8)4-1-5-13/h2-3,6,13H,1,4-5H2. The van der Waals surface area contributed by atoms with Gasteiger partial charge >= 0.3 is 5.76 Å². The molecule has 2 rings (SSSR count). The molecule has 0 aliphatic heterocycles. The second kappa shape index (κ2) is 4.75. The van der Waals surface area contributed by atoms with Crippen molar-refractivity contribution in [3.8, 4) is 0 Å². The minimum Gasteiger partial charge on any atom is -0.408 e. The average molecular weight is 292 g/mol. The molecule has 0 spiro atoms. The number of benzene rings is 1. The zero-order chi connectivity index (χ0) is 13.3. The summed E-state index contributed by atoms with van der Waals surface area (Å²) in [6, 6.07) is 3.95. The maximum atomic E-state index is 11.5. The topological polar surface area (TPSA) is 89.5 Å². The normalized spacial score (nSPS) is 12.1. The number of aromatic nitrogens is 1. The third-order valence-corrected chi connectivity index (χ3v) is 3.81. The molecular weight excluding hydrogens is 282 g/mol. The summed E-state index contributed by atoms with van der Waals surface area (Å²) in [6.45, 7) is 0.253. The van der Waals surface area contributed by atoms with Crippen LogP contribution in [0.5, 0.6) is 0 Å². The number of halogens is 1. The third-order valence-electron chi connectivity index (χ3n) is 2.46. The predicted molar refractivity (Wildman–Crippen MR) is 65.2 cm³/mol. The van der Waals surface area contributed by atoms with Crippen molar-refractivity contribution in [3.63, 3.8) is 0 Å². The third kappa shape index (κ3) is 2.43. The van der Waals surface area contributed by atoms with Gasteiger partial charge in [-0.25, -0.2) is 13.2 Å². The molecule has 18 heavy (non-hydrogen) atoms. The Morgan fingerprint density at radius 3 is 2.72 bits per heavy atom. The molecule has 0 amide bonds. The first-order valence-electron chi connectivity index (χ1n) is 5.12. The Morgan fingerprint density at radius 2 is 2.11 bits per heavy atom. The molecule has 0 aliphatic carbocycles. The van der Waals surface area contributed by atoms with Gasteiger partial charge in [-0.05, 0) is 18.6 Å². The maximum absolute atomic E-state index is 11.5. The quantitative estimate of drug-likeness (QED) is 0.846. The molecule has 0 atom stereocenters. The van der Waals surface area contributed by atoms with Crippen molar-refractivity contribution in [2.45, 2.75) is 17.9 Å². The van der Waals surface area contributed by atoms with Gasteiger partial charge in [-0.1, -0.05) is 0 Å². The Bertz CT molecular complexity index is 730. The zero-order valence-corrected chi connectivity index (χ0v) is 10.7. The van der Waals surface area contributed by atoms with Gasteiger partial charge in [0.25, 0.3) is 9.05 Å². The van der Waals surface area contributed by atoms with E-state index in [0.717, 1.165) is 0 Å². The molecule has 98 valence electrons. The molecule has 1 aromatic carbocycles. The molecule has 0 radical (unpaired) electrons. The van der Waals surface area contributed by atoms with Gasteiger partial charge in [-0.2, -0.15) is 0 Å². The van der Waals surface area contributed by atoms with Crippen LogP contribution in [0, 0.1) is 0 Å². The highest BCUT2D eigenvalue weighted by Crippen LogP contribution is 2.21. The number of nitrogens with zero attached hydrogens (tertiary/aromatic N) is 1. The Labute approximate surface area is 107 Å². The van der Waals surface area contributed by atoms with E-state index < -0.39 is 14.8 Å². The van der Waals surface area contributed by atoms with Crippen LogP contribution < -0.4 is 5.76 Å². The van der Waals surface area contributed by atoms with Crippen molar-refractivity contribution in [3.05, 3.63) is 28.7 Å². The lowest BCUT2D eigenvalue weighted by molar-refractivity contribution is 0.278. The fraction of sp³-hybridized carbons (Fsp3) is 0.300. The number of hydrogen-bond donors (Lipinski definition) is 1. The molecule has 0 unspecified atom stereocenters. The monoisotopic (exact) mass is 291 g/mol. The molecule has 0 bridgehead atoms. The average Bonchev–Trinajstić information content (AvgIpc) is 2.60. The van der Waals surface area contributed by atoms with E-state index in [4.69, 9.17) is 20.2 Å². The summed E-state index contributed by atoms with van der Waals surface area (Å²) in [5, 5.41) is 8.74. The van der Waals surface area contributed by atoms with E-state index in [-0.39, 0.29) is 17.1 Å². The first-order chi connectivity index (χ1) is 8.43. The van der Waals surface area contributed by atoms with Crippen LogP contribution in [-0.4, -0.2) is 24.7 Å². The summed E-state index contributed by atoms with van der Waals surface area (Å²) in [6.07, 6.45) is 0.407. The van der Waals surface area contributed by atoms with Crippen LogP contribution >= 0.6 is 10.7 Å². The number of aryl methyl sites for hydroxylation is 1. The Kier molecular flexibility index (Phi) is 3.47. The van der Waals surface area contributed by atoms with E-state index in [0.29, 0.717) is 18.5 Å². The van der Waals surface area contributed by atoms with Crippen LogP contribution in [0.2, 0.25) is 0 Å². The minimum absolute atomic E-state index is 0.0484. The van der Waals surface area contributed by atoms with Crippen LogP contribution in [0.3, 0.4) is 0 Å². The van der Waals surface area contributed by atoms with Crippen molar-refractivity contribution >= 4 is 30.8 Å². The smallest absolute Gasteiger partial charge is 0.408 e. The van der Waals surface area contributed by atoms with Gasteiger partial charge in [0.2, 0.25) is 0 Å². The van der Waals surface area contributed by atoms with Gasteiger partial charge in [0.1, 0.15) is 0 Å². The first-order valence-corrected chi connectivity index (χ1v) is 7.43.